The van der Waals surface area contributed by atoms with E-state index in [1.807, 2.05) is 27.7 Å². The number of halogens is 1. The summed E-state index contributed by atoms with van der Waals surface area (Å²) in [6, 6.07) is 0. The number of ether oxygens (including phenoxy) is 1. The molecule has 0 saturated heterocycles. The molecule has 3 N–H and O–H groups in total. The lowest BCUT2D eigenvalue weighted by atomic mass is 10.2. The normalized spacial score (nSPS) is 12.1. The number of alkyl carbamates (subject to hydrolysis) is 1. The van der Waals surface area contributed by atoms with Crippen LogP contribution < -0.4 is 16.0 Å². The Morgan fingerprint density at radius 2 is 1.72 bits per heavy atom. The van der Waals surface area contributed by atoms with Crippen molar-refractivity contribution >= 4 is 45.9 Å². The van der Waals surface area contributed by atoms with Gasteiger partial charge in [0.2, 0.25) is 0 Å². The molecule has 0 aromatic rings. The Kier molecular flexibility index (Phi) is 14.2. The standard InChI is InChI=1S/C15H32N4O4S.HI/c1-6-16-13(18-11-12-24(21,22)7-2)17-9-8-10-19-14(20)23-15(3,4)5;/h6-12H2,1-5H3,(H,19,20)(H2,16,17,18);1H. The SMILES string of the molecule is CCNC(=NCCCNC(=O)OC(C)(C)C)NCCS(=O)(=O)CC.I. The quantitative estimate of drug-likeness (QED) is 0.195. The van der Waals surface area contributed by atoms with E-state index >= 15 is 0 Å². The van der Waals surface area contributed by atoms with Crippen LogP contribution in [0, 0.1) is 0 Å². The largest absolute Gasteiger partial charge is 0.444 e. The molecule has 0 aliphatic carbocycles. The van der Waals surface area contributed by atoms with Gasteiger partial charge in [-0.25, -0.2) is 13.2 Å². The highest BCUT2D eigenvalue weighted by molar-refractivity contribution is 14.0. The van der Waals surface area contributed by atoms with Gasteiger partial charge in [0.25, 0.3) is 0 Å². The maximum atomic E-state index is 11.5. The predicted molar refractivity (Wildman–Crippen MR) is 113 cm³/mol. The molecule has 0 aliphatic heterocycles. The lowest BCUT2D eigenvalue weighted by Gasteiger charge is -2.19. The minimum absolute atomic E-state index is 0. The van der Waals surface area contributed by atoms with E-state index in [2.05, 4.69) is 20.9 Å². The molecule has 0 fully saturated rings. The first-order chi connectivity index (χ1) is 11.1. The van der Waals surface area contributed by atoms with Crippen LogP contribution in [0.3, 0.4) is 0 Å². The van der Waals surface area contributed by atoms with E-state index in [9.17, 15) is 13.2 Å². The number of carbonyl (C=O) groups is 1. The van der Waals surface area contributed by atoms with Crippen LogP contribution in [0.15, 0.2) is 4.99 Å². The average Bonchev–Trinajstić information content (AvgIpc) is 2.44. The molecular formula is C15H33IN4O4S. The summed E-state index contributed by atoms with van der Waals surface area (Å²) < 4.78 is 28.0. The second-order valence-electron chi connectivity index (χ2n) is 6.21. The second-order valence-corrected chi connectivity index (χ2v) is 8.68. The maximum Gasteiger partial charge on any atom is 0.407 e. The van der Waals surface area contributed by atoms with Crippen molar-refractivity contribution in [2.45, 2.75) is 46.6 Å². The van der Waals surface area contributed by atoms with Crippen LogP contribution in [0.25, 0.3) is 0 Å². The van der Waals surface area contributed by atoms with Crippen molar-refractivity contribution < 1.29 is 17.9 Å². The Balaban J connectivity index is 0. The third kappa shape index (κ3) is 16.4. The number of hydrogen-bond donors (Lipinski definition) is 3. The molecule has 8 nitrogen and oxygen atoms in total. The minimum Gasteiger partial charge on any atom is -0.444 e. The van der Waals surface area contributed by atoms with Crippen LogP contribution in [0.4, 0.5) is 4.79 Å². The van der Waals surface area contributed by atoms with Gasteiger partial charge in [-0.15, -0.1) is 24.0 Å². The zero-order valence-corrected chi connectivity index (χ0v) is 19.0. The summed E-state index contributed by atoms with van der Waals surface area (Å²) >= 11 is 0. The number of nitrogens with one attached hydrogen (secondary N) is 3. The van der Waals surface area contributed by atoms with E-state index in [4.69, 9.17) is 4.74 Å². The minimum atomic E-state index is -2.99. The van der Waals surface area contributed by atoms with Gasteiger partial charge < -0.3 is 20.7 Å². The van der Waals surface area contributed by atoms with E-state index in [0.29, 0.717) is 38.6 Å². The van der Waals surface area contributed by atoms with Gasteiger partial charge in [0, 0.05) is 31.9 Å². The maximum absolute atomic E-state index is 11.5. The summed E-state index contributed by atoms with van der Waals surface area (Å²) in [7, 11) is -2.99. The van der Waals surface area contributed by atoms with Crippen molar-refractivity contribution in [1.82, 2.24) is 16.0 Å². The molecule has 0 saturated carbocycles. The monoisotopic (exact) mass is 492 g/mol. The number of carbonyl (C=O) groups excluding carboxylic acids is 1. The number of guanidine groups is 1. The van der Waals surface area contributed by atoms with Gasteiger partial charge in [0.05, 0.1) is 5.75 Å². The third-order valence-corrected chi connectivity index (χ3v) is 4.47. The molecule has 0 rings (SSSR count). The van der Waals surface area contributed by atoms with Crippen molar-refractivity contribution in [1.29, 1.82) is 0 Å². The molecule has 0 bridgehead atoms. The fourth-order valence-corrected chi connectivity index (χ4v) is 2.29. The van der Waals surface area contributed by atoms with Gasteiger partial charge in [-0.2, -0.15) is 0 Å². The molecule has 150 valence electrons. The summed E-state index contributed by atoms with van der Waals surface area (Å²) in [5.74, 6) is 0.786. The first kappa shape index (κ1) is 26.4. The Morgan fingerprint density at radius 1 is 1.08 bits per heavy atom. The predicted octanol–water partition coefficient (Wildman–Crippen LogP) is 1.51. The van der Waals surface area contributed by atoms with E-state index in [-0.39, 0.29) is 35.5 Å². The first-order valence-electron chi connectivity index (χ1n) is 8.29. The van der Waals surface area contributed by atoms with Gasteiger partial charge in [-0.3, -0.25) is 4.99 Å². The summed E-state index contributed by atoms with van der Waals surface area (Å²) in [4.78, 5) is 15.8. The summed E-state index contributed by atoms with van der Waals surface area (Å²) in [6.07, 6.45) is 0.213. The number of amides is 1. The van der Waals surface area contributed by atoms with Crippen LogP contribution in [0.1, 0.15) is 41.0 Å². The van der Waals surface area contributed by atoms with Crippen molar-refractivity contribution in [3.05, 3.63) is 0 Å². The molecule has 0 spiro atoms. The van der Waals surface area contributed by atoms with Gasteiger partial charge in [-0.05, 0) is 34.1 Å². The fraction of sp³-hybridized carbons (Fsp3) is 0.867. The molecule has 0 radical (unpaired) electrons. The van der Waals surface area contributed by atoms with E-state index in [1.54, 1.807) is 6.92 Å². The molecule has 0 unspecified atom stereocenters. The Bertz CT molecular complexity index is 504. The topological polar surface area (TPSA) is 109 Å². The lowest BCUT2D eigenvalue weighted by molar-refractivity contribution is 0.0527. The highest BCUT2D eigenvalue weighted by Crippen LogP contribution is 2.06. The van der Waals surface area contributed by atoms with E-state index in [0.717, 1.165) is 0 Å². The molecule has 0 heterocycles. The smallest absolute Gasteiger partial charge is 0.407 e. The number of sulfone groups is 1. The van der Waals surface area contributed by atoms with Crippen molar-refractivity contribution in [2.75, 3.05) is 37.7 Å². The number of nitrogens with zero attached hydrogens (tertiary/aromatic N) is 1. The van der Waals surface area contributed by atoms with Crippen molar-refractivity contribution in [3.63, 3.8) is 0 Å². The second kappa shape index (κ2) is 13.4. The molecular weight excluding hydrogens is 459 g/mol. The number of aliphatic imine (C=N–C) groups is 1. The van der Waals surface area contributed by atoms with Gasteiger partial charge in [-0.1, -0.05) is 6.92 Å². The molecule has 0 aliphatic rings. The highest BCUT2D eigenvalue weighted by Gasteiger charge is 2.15. The zero-order chi connectivity index (χ0) is 18.6. The summed E-state index contributed by atoms with van der Waals surface area (Å²) in [5, 5.41) is 8.70. The van der Waals surface area contributed by atoms with Crippen molar-refractivity contribution in [2.24, 2.45) is 4.99 Å². The van der Waals surface area contributed by atoms with Gasteiger partial charge in [0.1, 0.15) is 5.60 Å². The molecule has 10 heteroatoms. The molecule has 25 heavy (non-hydrogen) atoms. The molecule has 0 aromatic heterocycles. The number of rotatable bonds is 9. The van der Waals surface area contributed by atoms with E-state index in [1.165, 1.54) is 0 Å². The highest BCUT2D eigenvalue weighted by atomic mass is 127. The van der Waals surface area contributed by atoms with Crippen LogP contribution in [0.5, 0.6) is 0 Å². The molecule has 1 amide bonds. The molecule has 0 atom stereocenters. The van der Waals surface area contributed by atoms with Crippen LogP contribution in [-0.4, -0.2) is 63.8 Å². The van der Waals surface area contributed by atoms with Gasteiger partial charge >= 0.3 is 6.09 Å². The number of hydrogen-bond acceptors (Lipinski definition) is 5. The van der Waals surface area contributed by atoms with E-state index < -0.39 is 21.5 Å². The zero-order valence-electron chi connectivity index (χ0n) is 15.8. The average molecular weight is 492 g/mol. The fourth-order valence-electron chi connectivity index (χ4n) is 1.59. The Labute approximate surface area is 168 Å². The van der Waals surface area contributed by atoms with Gasteiger partial charge in [0.15, 0.2) is 15.8 Å². The van der Waals surface area contributed by atoms with Crippen LogP contribution in [-0.2, 0) is 14.6 Å². The molecule has 0 aromatic carbocycles. The Morgan fingerprint density at radius 3 is 2.24 bits per heavy atom. The Hall–Kier alpha value is -0.780. The van der Waals surface area contributed by atoms with Crippen molar-refractivity contribution in [3.8, 4) is 0 Å². The van der Waals surface area contributed by atoms with Crippen LogP contribution in [0.2, 0.25) is 0 Å². The third-order valence-electron chi connectivity index (χ3n) is 2.76. The summed E-state index contributed by atoms with van der Waals surface area (Å²) in [6.45, 7) is 11.0. The van der Waals surface area contributed by atoms with Crippen LogP contribution >= 0.6 is 24.0 Å². The summed E-state index contributed by atoms with van der Waals surface area (Å²) in [5.41, 5.74) is -0.511. The lowest BCUT2D eigenvalue weighted by Crippen LogP contribution is -2.40. The first-order valence-corrected chi connectivity index (χ1v) is 10.1.